The third kappa shape index (κ3) is 4.55. The molecule has 1 heterocycles. The highest BCUT2D eigenvalue weighted by Gasteiger charge is 2.52. The minimum Gasteiger partial charge on any atom is -0.388 e. The van der Waals surface area contributed by atoms with Gasteiger partial charge >= 0.3 is 0 Å². The Morgan fingerprint density at radius 2 is 1.13 bits per heavy atom. The minimum absolute atomic E-state index is 0.0170. The highest BCUT2D eigenvalue weighted by molar-refractivity contribution is 7.59. The van der Waals surface area contributed by atoms with E-state index in [0.29, 0.717) is 18.7 Å². The van der Waals surface area contributed by atoms with Crippen LogP contribution in [0.5, 0.6) is 0 Å². The summed E-state index contributed by atoms with van der Waals surface area (Å²) in [5, 5.41) is 14.5. The molecule has 0 bridgehead atoms. The molecule has 0 amide bonds. The van der Waals surface area contributed by atoms with Gasteiger partial charge in [0.25, 0.3) is 14.0 Å². The van der Waals surface area contributed by atoms with Crippen LogP contribution in [0.1, 0.15) is 11.4 Å². The molecule has 7 nitrogen and oxygen atoms in total. The highest BCUT2D eigenvalue weighted by Crippen LogP contribution is 2.66. The number of hydrogen-bond donors (Lipinski definition) is 0. The van der Waals surface area contributed by atoms with Crippen molar-refractivity contribution in [3.63, 3.8) is 0 Å². The van der Waals surface area contributed by atoms with Crippen molar-refractivity contribution in [2.24, 2.45) is 0 Å². The van der Waals surface area contributed by atoms with Crippen LogP contribution in [0.3, 0.4) is 0 Å². The average molecular weight is 544 g/mol. The van der Waals surface area contributed by atoms with E-state index >= 15 is 0 Å². The van der Waals surface area contributed by atoms with Crippen molar-refractivity contribution in [2.75, 3.05) is 27.2 Å². The van der Waals surface area contributed by atoms with Crippen LogP contribution in [0, 0.1) is 10.1 Å². The molecule has 0 N–H and O–H groups in total. The molecule has 1 fully saturated rings. The molecule has 9 heteroatoms. The summed E-state index contributed by atoms with van der Waals surface area (Å²) in [5.74, 6) is -0.840. The van der Waals surface area contributed by atoms with E-state index in [2.05, 4.69) is 36.4 Å². The van der Waals surface area contributed by atoms with Crippen molar-refractivity contribution >= 4 is 37.0 Å². The third-order valence-electron chi connectivity index (χ3n) is 7.25. The van der Waals surface area contributed by atoms with Crippen LogP contribution in [0.15, 0.2) is 115 Å². The number of likely N-dealkylation sites (N-methyl/N-ethyl adjacent to an activating group) is 2. The molecule has 5 rings (SSSR count). The summed E-state index contributed by atoms with van der Waals surface area (Å²) in [7, 11) is -2.78. The van der Waals surface area contributed by atoms with E-state index in [-0.39, 0.29) is 5.69 Å². The zero-order valence-electron chi connectivity index (χ0n) is 21.4. The molecular weight excluding hydrogens is 513 g/mol. The molecule has 1 aliphatic heterocycles. The lowest BCUT2D eigenvalue weighted by molar-refractivity contribution is -0.384. The fraction of sp³-hybridized carbons (Fsp3) is 0.172. The lowest BCUT2D eigenvalue weighted by Gasteiger charge is -2.41. The van der Waals surface area contributed by atoms with Gasteiger partial charge in [-0.3, -0.25) is 14.7 Å². The maximum Gasteiger partial charge on any atom is 0.289 e. The molecule has 194 valence electrons. The molecule has 0 spiro atoms. The van der Waals surface area contributed by atoms with Gasteiger partial charge in [0, 0.05) is 25.2 Å². The molecule has 0 aliphatic carbocycles. The van der Waals surface area contributed by atoms with E-state index < -0.39 is 26.5 Å². The van der Waals surface area contributed by atoms with Crippen molar-refractivity contribution in [3.8, 4) is 0 Å². The Hall–Kier alpha value is -3.39. The maximum absolute atomic E-state index is 15.0. The first-order valence-electron chi connectivity index (χ1n) is 12.5. The Kier molecular flexibility index (Phi) is 7.43. The van der Waals surface area contributed by atoms with Crippen molar-refractivity contribution in [2.45, 2.75) is 5.85 Å². The fourth-order valence-electron chi connectivity index (χ4n) is 5.18. The Morgan fingerprint density at radius 3 is 1.50 bits per heavy atom. The summed E-state index contributed by atoms with van der Waals surface area (Å²) in [5.41, 5.74) is 0.635. The number of nitro benzene ring substituents is 1. The second-order valence-electron chi connectivity index (χ2n) is 9.45. The molecule has 0 saturated carbocycles. The number of benzene rings is 4. The predicted octanol–water partition coefficient (Wildman–Crippen LogP) is 4.35. The van der Waals surface area contributed by atoms with Crippen LogP contribution in [-0.2, 0) is 8.99 Å². The topological polar surface area (TPSA) is 75.9 Å². The van der Waals surface area contributed by atoms with Gasteiger partial charge in [0.15, 0.2) is 5.85 Å². The van der Waals surface area contributed by atoms with Crippen molar-refractivity contribution in [1.82, 2.24) is 9.34 Å². The average Bonchev–Trinajstić information content (AvgIpc) is 3.23. The smallest absolute Gasteiger partial charge is 0.289 e. The summed E-state index contributed by atoms with van der Waals surface area (Å²) in [6.45, 7) is 1.27. The Morgan fingerprint density at radius 1 is 0.737 bits per heavy atom. The van der Waals surface area contributed by atoms with E-state index in [0.717, 1.165) is 15.6 Å². The van der Waals surface area contributed by atoms with E-state index in [1.165, 1.54) is 12.1 Å². The van der Waals surface area contributed by atoms with Gasteiger partial charge in [-0.05, 0) is 47.4 Å². The molecule has 1 atom stereocenters. The highest BCUT2D eigenvalue weighted by atomic mass is 31.2. The normalized spacial score (nSPS) is 16.8. The molecule has 1 unspecified atom stereocenters. The zero-order chi connectivity index (χ0) is 26.8. The Bertz CT molecular complexity index is 1330. The first-order chi connectivity index (χ1) is 18.4. The van der Waals surface area contributed by atoms with Gasteiger partial charge in [-0.15, -0.1) is 0 Å². The van der Waals surface area contributed by atoms with Crippen LogP contribution in [0.25, 0.3) is 0 Å². The molecule has 0 aromatic heterocycles. The minimum atomic E-state index is -3.27. The molecular formula is C29H30N3O4PSi. The molecule has 1 saturated heterocycles. The second-order valence-corrected chi connectivity index (χ2v) is 15.8. The predicted molar refractivity (Wildman–Crippen MR) is 154 cm³/mol. The van der Waals surface area contributed by atoms with Crippen molar-refractivity contribution in [1.29, 1.82) is 0 Å². The van der Waals surface area contributed by atoms with Gasteiger partial charge in [-0.25, -0.2) is 9.34 Å². The Balaban J connectivity index is 1.79. The summed E-state index contributed by atoms with van der Waals surface area (Å²) < 4.78 is 26.2. The fourth-order valence-corrected chi connectivity index (χ4v) is 12.6. The van der Waals surface area contributed by atoms with Crippen LogP contribution in [-0.4, -0.2) is 49.8 Å². The standard InChI is InChI=1S/C29H30N3O4PSi/c1-30-22-23-31(2)37(30,35)29(24-18-20-25(21-19-24)32(33)34)36-38(26-12-6-3-7-13-26,27-14-8-4-9-15-27)28-16-10-5-11-17-28/h3-21,29H,22-23H2,1-2H3. The zero-order valence-corrected chi connectivity index (χ0v) is 23.3. The summed E-state index contributed by atoms with van der Waals surface area (Å²) in [6, 6.07) is 36.7. The van der Waals surface area contributed by atoms with E-state index in [9.17, 15) is 14.7 Å². The summed E-state index contributed by atoms with van der Waals surface area (Å²) >= 11 is 0. The van der Waals surface area contributed by atoms with Gasteiger partial charge in [0.2, 0.25) is 7.44 Å². The second kappa shape index (κ2) is 10.8. The van der Waals surface area contributed by atoms with Crippen LogP contribution >= 0.6 is 7.44 Å². The van der Waals surface area contributed by atoms with Gasteiger partial charge in [0.1, 0.15) is 0 Å². The molecule has 0 radical (unpaired) electrons. The number of rotatable bonds is 8. The lowest BCUT2D eigenvalue weighted by atomic mass is 10.2. The van der Waals surface area contributed by atoms with Gasteiger partial charge in [-0.1, -0.05) is 91.0 Å². The SMILES string of the molecule is CN1CCN(C)P1(=O)C(O[Si](c1ccccc1)(c1ccccc1)c1ccccc1)c1ccc([N+](=O)[O-])cc1. The van der Waals surface area contributed by atoms with Crippen LogP contribution < -0.4 is 15.6 Å². The van der Waals surface area contributed by atoms with Gasteiger partial charge in [-0.2, -0.15) is 0 Å². The maximum atomic E-state index is 15.0. The van der Waals surface area contributed by atoms with Crippen molar-refractivity contribution in [3.05, 3.63) is 131 Å². The van der Waals surface area contributed by atoms with Gasteiger partial charge < -0.3 is 4.43 Å². The number of hydrogen-bond acceptors (Lipinski definition) is 4. The first-order valence-corrected chi connectivity index (χ1v) is 16.1. The molecule has 38 heavy (non-hydrogen) atoms. The van der Waals surface area contributed by atoms with Crippen LogP contribution in [0.2, 0.25) is 0 Å². The number of non-ortho nitro benzene ring substituents is 1. The molecule has 4 aromatic rings. The van der Waals surface area contributed by atoms with Gasteiger partial charge in [0.05, 0.1) is 4.92 Å². The van der Waals surface area contributed by atoms with E-state index in [1.54, 1.807) is 12.1 Å². The molecule has 1 aliphatic rings. The number of nitro groups is 1. The van der Waals surface area contributed by atoms with E-state index in [4.69, 9.17) is 4.43 Å². The molecule has 4 aromatic carbocycles. The summed E-state index contributed by atoms with van der Waals surface area (Å²) in [4.78, 5) is 11.0. The van der Waals surface area contributed by atoms with Crippen LogP contribution in [0.4, 0.5) is 5.69 Å². The quantitative estimate of drug-likeness (QED) is 0.108. The Labute approximate surface area is 224 Å². The third-order valence-corrected chi connectivity index (χ3v) is 14.8. The first kappa shape index (κ1) is 26.2. The monoisotopic (exact) mass is 543 g/mol. The lowest BCUT2D eigenvalue weighted by Crippen LogP contribution is -2.69. The van der Waals surface area contributed by atoms with E-state index in [1.807, 2.05) is 78.0 Å². The van der Waals surface area contributed by atoms with Crippen molar-refractivity contribution < 1.29 is 13.9 Å². The largest absolute Gasteiger partial charge is 0.388 e. The summed E-state index contributed by atoms with van der Waals surface area (Å²) in [6.07, 6.45) is 0. The number of nitrogens with zero attached hydrogens (tertiary/aromatic N) is 3.